The molecule has 1 heterocycles. The van der Waals surface area contributed by atoms with Crippen molar-refractivity contribution >= 4 is 11.3 Å². The number of halogens is 3. The molecule has 0 radical (unpaired) electrons. The molecule has 2 nitrogen and oxygen atoms in total. The first kappa shape index (κ1) is 16.5. The van der Waals surface area contributed by atoms with Crippen molar-refractivity contribution in [1.29, 1.82) is 0 Å². The predicted octanol–water partition coefficient (Wildman–Crippen LogP) is 3.55. The van der Waals surface area contributed by atoms with Gasteiger partial charge in [0.05, 0.1) is 6.54 Å². The van der Waals surface area contributed by atoms with Gasteiger partial charge in [0, 0.05) is 22.8 Å². The van der Waals surface area contributed by atoms with Crippen LogP contribution in [0.3, 0.4) is 0 Å². The summed E-state index contributed by atoms with van der Waals surface area (Å²) >= 11 is 1.65. The summed E-state index contributed by atoms with van der Waals surface area (Å²) in [7, 11) is 1.50. The average molecular weight is 294 g/mol. The summed E-state index contributed by atoms with van der Waals surface area (Å²) in [5.74, 6) is 0. The Morgan fingerprint density at radius 3 is 2.63 bits per heavy atom. The van der Waals surface area contributed by atoms with Gasteiger partial charge in [-0.2, -0.15) is 13.2 Å². The summed E-state index contributed by atoms with van der Waals surface area (Å²) in [5.41, 5.74) is 0.991. The summed E-state index contributed by atoms with van der Waals surface area (Å²) in [6.45, 7) is 5.29. The second kappa shape index (κ2) is 7.26. The van der Waals surface area contributed by atoms with Crippen molar-refractivity contribution in [1.82, 2.24) is 10.2 Å². The van der Waals surface area contributed by atoms with Crippen molar-refractivity contribution in [2.24, 2.45) is 0 Å². The first-order chi connectivity index (χ1) is 8.81. The molecular formula is C13H21F3N2S. The van der Waals surface area contributed by atoms with Gasteiger partial charge in [0.25, 0.3) is 0 Å². The Labute approximate surface area is 116 Å². The minimum atomic E-state index is -4.13. The van der Waals surface area contributed by atoms with Crippen molar-refractivity contribution in [3.63, 3.8) is 0 Å². The Morgan fingerprint density at radius 1 is 1.37 bits per heavy atom. The highest BCUT2D eigenvalue weighted by molar-refractivity contribution is 7.12. The Morgan fingerprint density at radius 2 is 2.05 bits per heavy atom. The fourth-order valence-electron chi connectivity index (χ4n) is 1.87. The van der Waals surface area contributed by atoms with Gasteiger partial charge in [-0.3, -0.25) is 4.90 Å². The van der Waals surface area contributed by atoms with Crippen LogP contribution in [0.4, 0.5) is 13.2 Å². The van der Waals surface area contributed by atoms with Crippen LogP contribution in [0.25, 0.3) is 0 Å². The molecule has 1 aromatic heterocycles. The van der Waals surface area contributed by atoms with E-state index < -0.39 is 12.7 Å². The molecule has 0 amide bonds. The molecule has 1 aromatic rings. The highest BCUT2D eigenvalue weighted by Crippen LogP contribution is 2.24. The predicted molar refractivity (Wildman–Crippen MR) is 73.4 cm³/mol. The average Bonchev–Trinajstić information content (AvgIpc) is 2.57. The number of hydrogen-bond acceptors (Lipinski definition) is 3. The zero-order chi connectivity index (χ0) is 14.5. The molecule has 0 spiro atoms. The molecule has 110 valence electrons. The van der Waals surface area contributed by atoms with Gasteiger partial charge in [0.15, 0.2) is 0 Å². The molecule has 0 aliphatic carbocycles. The van der Waals surface area contributed by atoms with Crippen LogP contribution in [-0.2, 0) is 13.1 Å². The van der Waals surface area contributed by atoms with Crippen molar-refractivity contribution in [3.05, 3.63) is 21.4 Å². The van der Waals surface area contributed by atoms with Crippen molar-refractivity contribution < 1.29 is 13.2 Å². The molecule has 0 atom stereocenters. The number of alkyl halides is 3. The minimum absolute atomic E-state index is 0.343. The molecule has 0 aromatic carbocycles. The number of aryl methyl sites for hydroxylation is 1. The zero-order valence-corrected chi connectivity index (χ0v) is 12.4. The van der Waals surface area contributed by atoms with E-state index in [4.69, 9.17) is 0 Å². The standard InChI is InChI=1S/C13H21F3N2S/c1-4-5-17-7-12-6-11(10(2)19-12)8-18(3)9-13(14,15)16/h6,17H,4-5,7-9H2,1-3H3. The van der Waals surface area contributed by atoms with Gasteiger partial charge in [0.2, 0.25) is 0 Å². The Balaban J connectivity index is 2.54. The van der Waals surface area contributed by atoms with Crippen LogP contribution < -0.4 is 5.32 Å². The minimum Gasteiger partial charge on any atom is -0.312 e. The van der Waals surface area contributed by atoms with Gasteiger partial charge in [-0.05, 0) is 38.6 Å². The smallest absolute Gasteiger partial charge is 0.312 e. The van der Waals surface area contributed by atoms with E-state index >= 15 is 0 Å². The fourth-order valence-corrected chi connectivity index (χ4v) is 2.90. The third-order valence-electron chi connectivity index (χ3n) is 2.69. The number of rotatable bonds is 7. The maximum Gasteiger partial charge on any atom is 0.401 e. The van der Waals surface area contributed by atoms with Gasteiger partial charge in [-0.15, -0.1) is 11.3 Å². The summed E-state index contributed by atoms with van der Waals surface area (Å²) in [4.78, 5) is 3.59. The van der Waals surface area contributed by atoms with Gasteiger partial charge < -0.3 is 5.32 Å². The molecule has 19 heavy (non-hydrogen) atoms. The molecule has 0 fully saturated rings. The van der Waals surface area contributed by atoms with E-state index in [1.807, 2.05) is 13.0 Å². The lowest BCUT2D eigenvalue weighted by atomic mass is 10.2. The molecular weight excluding hydrogens is 273 g/mol. The maximum atomic E-state index is 12.3. The van der Waals surface area contributed by atoms with E-state index in [-0.39, 0.29) is 0 Å². The Kier molecular flexibility index (Phi) is 6.29. The molecule has 0 aliphatic heterocycles. The zero-order valence-electron chi connectivity index (χ0n) is 11.6. The quantitative estimate of drug-likeness (QED) is 0.774. The monoisotopic (exact) mass is 294 g/mol. The van der Waals surface area contributed by atoms with Gasteiger partial charge >= 0.3 is 6.18 Å². The van der Waals surface area contributed by atoms with E-state index in [0.717, 1.165) is 30.0 Å². The summed E-state index contributed by atoms with van der Waals surface area (Å²) in [6, 6.07) is 2.01. The number of hydrogen-bond donors (Lipinski definition) is 1. The van der Waals surface area contributed by atoms with Gasteiger partial charge in [-0.25, -0.2) is 0 Å². The summed E-state index contributed by atoms with van der Waals surface area (Å²) in [5, 5.41) is 3.30. The maximum absolute atomic E-state index is 12.3. The normalized spacial score (nSPS) is 12.4. The lowest BCUT2D eigenvalue weighted by Gasteiger charge is -2.18. The largest absolute Gasteiger partial charge is 0.401 e. The molecule has 0 saturated heterocycles. The molecule has 0 unspecified atom stereocenters. The van der Waals surface area contributed by atoms with Crippen LogP contribution in [0.1, 0.15) is 28.7 Å². The van der Waals surface area contributed by atoms with Crippen LogP contribution in [-0.4, -0.2) is 31.2 Å². The fraction of sp³-hybridized carbons (Fsp3) is 0.692. The third-order valence-corrected chi connectivity index (χ3v) is 3.78. The van der Waals surface area contributed by atoms with Crippen LogP contribution in [0, 0.1) is 6.92 Å². The molecule has 1 N–H and O–H groups in total. The molecule has 0 bridgehead atoms. The Hall–Kier alpha value is -0.590. The number of nitrogens with zero attached hydrogens (tertiary/aromatic N) is 1. The second-order valence-corrected chi connectivity index (χ2v) is 6.10. The van der Waals surface area contributed by atoms with Gasteiger partial charge in [-0.1, -0.05) is 6.92 Å². The molecule has 6 heteroatoms. The van der Waals surface area contributed by atoms with Crippen molar-refractivity contribution in [3.8, 4) is 0 Å². The van der Waals surface area contributed by atoms with E-state index in [2.05, 4.69) is 12.2 Å². The van der Waals surface area contributed by atoms with E-state index in [0.29, 0.717) is 6.54 Å². The van der Waals surface area contributed by atoms with Gasteiger partial charge in [0.1, 0.15) is 0 Å². The van der Waals surface area contributed by atoms with Crippen LogP contribution in [0.2, 0.25) is 0 Å². The molecule has 0 aliphatic rings. The van der Waals surface area contributed by atoms with E-state index in [9.17, 15) is 13.2 Å². The molecule has 0 saturated carbocycles. The lowest BCUT2D eigenvalue weighted by Crippen LogP contribution is -2.30. The number of thiophene rings is 1. The van der Waals surface area contributed by atoms with E-state index in [1.54, 1.807) is 11.3 Å². The SMILES string of the molecule is CCCNCc1cc(CN(C)CC(F)(F)F)c(C)s1. The van der Waals surface area contributed by atoms with Crippen LogP contribution in [0.5, 0.6) is 0 Å². The summed E-state index contributed by atoms with van der Waals surface area (Å²) in [6.07, 6.45) is -3.06. The van der Waals surface area contributed by atoms with Crippen molar-refractivity contribution in [2.45, 2.75) is 39.5 Å². The van der Waals surface area contributed by atoms with Crippen molar-refractivity contribution in [2.75, 3.05) is 20.1 Å². The first-order valence-electron chi connectivity index (χ1n) is 6.36. The lowest BCUT2D eigenvalue weighted by molar-refractivity contribution is -0.144. The number of nitrogens with one attached hydrogen (secondary N) is 1. The summed E-state index contributed by atoms with van der Waals surface area (Å²) < 4.78 is 36.8. The molecule has 1 rings (SSSR count). The highest BCUT2D eigenvalue weighted by atomic mass is 32.1. The first-order valence-corrected chi connectivity index (χ1v) is 7.17. The second-order valence-electron chi connectivity index (χ2n) is 4.76. The van der Waals surface area contributed by atoms with E-state index in [1.165, 1.54) is 16.8 Å². The topological polar surface area (TPSA) is 15.3 Å². The third kappa shape index (κ3) is 6.40. The highest BCUT2D eigenvalue weighted by Gasteiger charge is 2.29. The van der Waals surface area contributed by atoms with Crippen LogP contribution >= 0.6 is 11.3 Å². The van der Waals surface area contributed by atoms with Crippen LogP contribution in [0.15, 0.2) is 6.07 Å². The Bertz CT molecular complexity index is 388.